The van der Waals surface area contributed by atoms with Gasteiger partial charge >= 0.3 is 6.18 Å². The van der Waals surface area contributed by atoms with E-state index in [0.717, 1.165) is 0 Å². The van der Waals surface area contributed by atoms with Crippen molar-refractivity contribution in [3.05, 3.63) is 64.2 Å². The van der Waals surface area contributed by atoms with Crippen LogP contribution in [0.25, 0.3) is 0 Å². The summed E-state index contributed by atoms with van der Waals surface area (Å²) < 4.78 is 46.9. The molecule has 0 aromatic heterocycles. The van der Waals surface area contributed by atoms with Gasteiger partial charge in [0.1, 0.15) is 0 Å². The van der Waals surface area contributed by atoms with Gasteiger partial charge in [-0.2, -0.15) is 13.2 Å². The Hall–Kier alpha value is -2.21. The number of benzene rings is 2. The van der Waals surface area contributed by atoms with Crippen molar-refractivity contribution in [1.29, 1.82) is 0 Å². The molecule has 0 bridgehead atoms. The second kappa shape index (κ2) is 5.70. The summed E-state index contributed by atoms with van der Waals surface area (Å²) >= 11 is 5.80. The molecule has 0 amide bonds. The lowest BCUT2D eigenvalue weighted by Gasteiger charge is -2.31. The Balaban J connectivity index is 2.01. The minimum Gasteiger partial charge on any atom is -0.454 e. The highest BCUT2D eigenvalue weighted by molar-refractivity contribution is 6.30. The maximum Gasteiger partial charge on any atom is 0.434 e. The van der Waals surface area contributed by atoms with Crippen LogP contribution in [0.2, 0.25) is 5.02 Å². The number of halogens is 4. The number of aliphatic imine (C=N–C) groups is 1. The highest BCUT2D eigenvalue weighted by Gasteiger charge is 2.61. The summed E-state index contributed by atoms with van der Waals surface area (Å²) in [4.78, 5) is 3.98. The number of hydrogen-bond acceptors (Lipinski definition) is 3. The number of nitrogens with zero attached hydrogens (tertiary/aromatic N) is 1. The number of hydrogen-bond donors (Lipinski definition) is 1. The molecule has 1 aliphatic heterocycles. The number of anilines is 1. The van der Waals surface area contributed by atoms with Gasteiger partial charge in [0.15, 0.2) is 0 Å². The van der Waals surface area contributed by atoms with Gasteiger partial charge in [-0.1, -0.05) is 17.7 Å². The summed E-state index contributed by atoms with van der Waals surface area (Å²) in [6.45, 7) is 1.11. The number of nitrogens with two attached hydrogens (primary N) is 1. The maximum absolute atomic E-state index is 13.8. The Labute approximate surface area is 141 Å². The molecule has 2 aromatic rings. The summed E-state index contributed by atoms with van der Waals surface area (Å²) in [7, 11) is 0. The number of aryl methyl sites for hydroxylation is 1. The van der Waals surface area contributed by atoms with E-state index in [0.29, 0.717) is 21.8 Å². The van der Waals surface area contributed by atoms with E-state index in [2.05, 4.69) is 4.99 Å². The first kappa shape index (κ1) is 16.6. The van der Waals surface area contributed by atoms with Crippen molar-refractivity contribution >= 4 is 23.2 Å². The zero-order chi connectivity index (χ0) is 17.5. The molecule has 1 atom stereocenters. The van der Waals surface area contributed by atoms with E-state index in [1.807, 2.05) is 0 Å². The quantitative estimate of drug-likeness (QED) is 0.809. The van der Waals surface area contributed by atoms with Crippen molar-refractivity contribution in [2.24, 2.45) is 4.99 Å². The van der Waals surface area contributed by atoms with Gasteiger partial charge in [-0.05, 0) is 48.9 Å². The topological polar surface area (TPSA) is 47.6 Å². The first-order valence-corrected chi connectivity index (χ1v) is 7.53. The van der Waals surface area contributed by atoms with E-state index in [1.165, 1.54) is 18.2 Å². The van der Waals surface area contributed by atoms with Gasteiger partial charge in [0.2, 0.25) is 11.5 Å². The molecule has 7 heteroatoms. The Kier molecular flexibility index (Phi) is 3.95. The smallest absolute Gasteiger partial charge is 0.434 e. The standard InChI is InChI=1S/C17H14ClF3N2O/c1-10-8-12(4-7-14(10)22)16(17(19,20)21)9-23-15(24-16)11-2-5-13(18)6-3-11/h2-8H,9,22H2,1H3. The number of ether oxygens (including phenoxy) is 1. The third-order valence-corrected chi connectivity index (χ3v) is 4.25. The maximum atomic E-state index is 13.8. The van der Waals surface area contributed by atoms with Crippen molar-refractivity contribution in [2.45, 2.75) is 18.7 Å². The normalized spacial score (nSPS) is 20.6. The van der Waals surface area contributed by atoms with Crippen LogP contribution in [-0.4, -0.2) is 18.6 Å². The lowest BCUT2D eigenvalue weighted by Crippen LogP contribution is -2.45. The van der Waals surface area contributed by atoms with Crippen LogP contribution in [0.3, 0.4) is 0 Å². The van der Waals surface area contributed by atoms with Crippen molar-refractivity contribution < 1.29 is 17.9 Å². The van der Waals surface area contributed by atoms with Crippen LogP contribution < -0.4 is 5.73 Å². The number of alkyl halides is 3. The van der Waals surface area contributed by atoms with Gasteiger partial charge in [-0.15, -0.1) is 0 Å². The molecule has 2 N–H and O–H groups in total. The van der Waals surface area contributed by atoms with Gasteiger partial charge in [-0.25, -0.2) is 4.99 Å². The molecule has 1 unspecified atom stereocenters. The monoisotopic (exact) mass is 354 g/mol. The predicted molar refractivity (Wildman–Crippen MR) is 87.3 cm³/mol. The van der Waals surface area contributed by atoms with Gasteiger partial charge in [-0.3, -0.25) is 0 Å². The Morgan fingerprint density at radius 2 is 1.83 bits per heavy atom. The molecule has 0 spiro atoms. The molecule has 0 saturated carbocycles. The van der Waals surface area contributed by atoms with Crippen LogP contribution in [0.4, 0.5) is 18.9 Å². The Bertz CT molecular complexity index is 802. The summed E-state index contributed by atoms with van der Waals surface area (Å²) in [5.41, 5.74) is 4.60. The van der Waals surface area contributed by atoms with Crippen LogP contribution in [0.1, 0.15) is 16.7 Å². The van der Waals surface area contributed by atoms with Crippen LogP contribution >= 0.6 is 11.6 Å². The molecule has 1 aliphatic rings. The Morgan fingerprint density at radius 3 is 2.42 bits per heavy atom. The van der Waals surface area contributed by atoms with Crippen LogP contribution in [0.5, 0.6) is 0 Å². The molecule has 1 heterocycles. The Morgan fingerprint density at radius 1 is 1.17 bits per heavy atom. The second-order valence-electron chi connectivity index (χ2n) is 5.63. The first-order chi connectivity index (χ1) is 11.2. The third-order valence-electron chi connectivity index (χ3n) is 4.00. The largest absolute Gasteiger partial charge is 0.454 e. The van der Waals surface area contributed by atoms with Gasteiger partial charge < -0.3 is 10.5 Å². The SMILES string of the molecule is Cc1cc(C2(C(F)(F)F)CN=C(c3ccc(Cl)cc3)O2)ccc1N. The van der Waals surface area contributed by atoms with Gasteiger partial charge in [0, 0.05) is 21.8 Å². The number of nitrogen functional groups attached to an aromatic ring is 1. The van der Waals surface area contributed by atoms with Gasteiger partial charge in [0.05, 0.1) is 6.54 Å². The van der Waals surface area contributed by atoms with Crippen molar-refractivity contribution in [1.82, 2.24) is 0 Å². The number of rotatable bonds is 2. The molecule has 0 radical (unpaired) electrons. The third kappa shape index (κ3) is 2.71. The molecular weight excluding hydrogens is 341 g/mol. The molecule has 0 fully saturated rings. The highest BCUT2D eigenvalue weighted by Crippen LogP contribution is 2.46. The lowest BCUT2D eigenvalue weighted by molar-refractivity contribution is -0.249. The minimum absolute atomic E-state index is 0.0191. The average Bonchev–Trinajstić information content (AvgIpc) is 2.97. The first-order valence-electron chi connectivity index (χ1n) is 7.16. The molecule has 3 nitrogen and oxygen atoms in total. The summed E-state index contributed by atoms with van der Waals surface area (Å²) in [6.07, 6.45) is -4.63. The fraction of sp³-hybridized carbons (Fsp3) is 0.235. The second-order valence-corrected chi connectivity index (χ2v) is 6.06. The van der Waals surface area contributed by atoms with Crippen molar-refractivity contribution in [3.8, 4) is 0 Å². The van der Waals surface area contributed by atoms with E-state index in [1.54, 1.807) is 31.2 Å². The van der Waals surface area contributed by atoms with Crippen LogP contribution in [-0.2, 0) is 10.3 Å². The van der Waals surface area contributed by atoms with Crippen LogP contribution in [0, 0.1) is 6.92 Å². The zero-order valence-corrected chi connectivity index (χ0v) is 13.4. The molecule has 24 heavy (non-hydrogen) atoms. The molecule has 0 saturated heterocycles. The van der Waals surface area contributed by atoms with E-state index >= 15 is 0 Å². The van der Waals surface area contributed by atoms with E-state index < -0.39 is 18.3 Å². The van der Waals surface area contributed by atoms with Crippen molar-refractivity contribution in [2.75, 3.05) is 12.3 Å². The van der Waals surface area contributed by atoms with E-state index in [4.69, 9.17) is 22.1 Å². The molecule has 3 rings (SSSR count). The molecule has 0 aliphatic carbocycles. The van der Waals surface area contributed by atoms with E-state index in [-0.39, 0.29) is 11.5 Å². The summed E-state index contributed by atoms with van der Waals surface area (Å²) in [5, 5.41) is 0.480. The van der Waals surface area contributed by atoms with E-state index in [9.17, 15) is 13.2 Å². The fourth-order valence-electron chi connectivity index (χ4n) is 2.54. The lowest BCUT2D eigenvalue weighted by atomic mass is 9.91. The summed E-state index contributed by atoms with van der Waals surface area (Å²) in [6, 6.07) is 10.5. The highest BCUT2D eigenvalue weighted by atomic mass is 35.5. The predicted octanol–water partition coefficient (Wildman–Crippen LogP) is 4.47. The summed E-state index contributed by atoms with van der Waals surface area (Å²) in [5.74, 6) is -0.0570. The van der Waals surface area contributed by atoms with Gasteiger partial charge in [0.25, 0.3) is 0 Å². The minimum atomic E-state index is -4.63. The molecule has 126 valence electrons. The van der Waals surface area contributed by atoms with Crippen molar-refractivity contribution in [3.63, 3.8) is 0 Å². The molecule has 2 aromatic carbocycles. The fourth-order valence-corrected chi connectivity index (χ4v) is 2.67. The zero-order valence-electron chi connectivity index (χ0n) is 12.7. The molecular formula is C17H14ClF3N2O. The van der Waals surface area contributed by atoms with Crippen LogP contribution in [0.15, 0.2) is 47.5 Å². The average molecular weight is 355 g/mol.